The van der Waals surface area contributed by atoms with Gasteiger partial charge in [-0.05, 0) is 19.1 Å². The Balaban J connectivity index is 1.72. The molecule has 0 saturated heterocycles. The van der Waals surface area contributed by atoms with E-state index in [2.05, 4.69) is 5.10 Å². The number of carbonyl (C=O) groups excluding carboxylic acids is 1. The maximum absolute atomic E-state index is 11.6. The van der Waals surface area contributed by atoms with Crippen molar-refractivity contribution in [2.45, 2.75) is 6.92 Å². The number of hydrogen-bond acceptors (Lipinski definition) is 4. The third-order valence-corrected chi connectivity index (χ3v) is 2.55. The summed E-state index contributed by atoms with van der Waals surface area (Å²) >= 11 is 0. The Kier molecular flexibility index (Phi) is 4.18. The number of rotatable bonds is 5. The molecule has 0 amide bonds. The summed E-state index contributed by atoms with van der Waals surface area (Å²) in [6.45, 7) is 2.55. The number of hydrogen-bond donors (Lipinski definition) is 0. The van der Waals surface area contributed by atoms with E-state index in [1.165, 1.54) is 11.8 Å². The summed E-state index contributed by atoms with van der Waals surface area (Å²) in [5.41, 5.74) is 1.62. The molecule has 1 aromatic carbocycles. The zero-order valence-electron chi connectivity index (χ0n) is 11.0. The van der Waals surface area contributed by atoms with Crippen LogP contribution in [-0.2, 0) is 11.8 Å². The van der Waals surface area contributed by atoms with Crippen molar-refractivity contribution in [1.82, 2.24) is 9.78 Å². The van der Waals surface area contributed by atoms with Crippen LogP contribution in [0.2, 0.25) is 0 Å². The summed E-state index contributed by atoms with van der Waals surface area (Å²) in [6, 6.07) is 7.71. The van der Waals surface area contributed by atoms with Gasteiger partial charge in [-0.25, -0.2) is 4.79 Å². The van der Waals surface area contributed by atoms with Crippen LogP contribution in [0.15, 0.2) is 36.7 Å². The second-order valence-corrected chi connectivity index (χ2v) is 4.20. The van der Waals surface area contributed by atoms with Gasteiger partial charge in [-0.3, -0.25) is 4.68 Å². The van der Waals surface area contributed by atoms with Gasteiger partial charge >= 0.3 is 5.97 Å². The first kappa shape index (κ1) is 13.1. The van der Waals surface area contributed by atoms with Gasteiger partial charge in [-0.1, -0.05) is 17.7 Å². The van der Waals surface area contributed by atoms with E-state index < -0.39 is 0 Å². The van der Waals surface area contributed by atoms with Gasteiger partial charge < -0.3 is 9.47 Å². The predicted octanol–water partition coefficient (Wildman–Crippen LogP) is 1.96. The molecule has 5 heteroatoms. The van der Waals surface area contributed by atoms with Gasteiger partial charge in [0.05, 0.1) is 11.8 Å². The fourth-order valence-corrected chi connectivity index (χ4v) is 1.54. The molecule has 0 aliphatic heterocycles. The first-order valence-corrected chi connectivity index (χ1v) is 6.00. The molecule has 1 heterocycles. The number of aryl methyl sites for hydroxylation is 2. The van der Waals surface area contributed by atoms with E-state index in [1.54, 1.807) is 17.9 Å². The van der Waals surface area contributed by atoms with Gasteiger partial charge in [0.25, 0.3) is 0 Å². The smallest absolute Gasteiger partial charge is 0.341 e. The van der Waals surface area contributed by atoms with Crippen LogP contribution in [-0.4, -0.2) is 29.0 Å². The van der Waals surface area contributed by atoms with Gasteiger partial charge in [-0.15, -0.1) is 0 Å². The Morgan fingerprint density at radius 1 is 1.26 bits per heavy atom. The second-order valence-electron chi connectivity index (χ2n) is 4.20. The van der Waals surface area contributed by atoms with Gasteiger partial charge in [0.1, 0.15) is 19.0 Å². The van der Waals surface area contributed by atoms with Crippen LogP contribution in [0.1, 0.15) is 15.9 Å². The number of esters is 1. The highest BCUT2D eigenvalue weighted by atomic mass is 16.6. The minimum absolute atomic E-state index is 0.210. The summed E-state index contributed by atoms with van der Waals surface area (Å²) < 4.78 is 12.1. The van der Waals surface area contributed by atoms with E-state index in [-0.39, 0.29) is 12.6 Å². The standard InChI is InChI=1S/C14H16N2O3/c1-11-3-5-13(6-4-11)18-7-8-19-14(17)12-9-15-16(2)10-12/h3-6,9-10H,7-8H2,1-2H3. The van der Waals surface area contributed by atoms with E-state index in [1.807, 2.05) is 31.2 Å². The van der Waals surface area contributed by atoms with Crippen LogP contribution in [0.5, 0.6) is 5.75 Å². The highest BCUT2D eigenvalue weighted by Gasteiger charge is 2.08. The van der Waals surface area contributed by atoms with E-state index in [9.17, 15) is 4.79 Å². The lowest BCUT2D eigenvalue weighted by molar-refractivity contribution is 0.0450. The van der Waals surface area contributed by atoms with E-state index in [0.717, 1.165) is 5.75 Å². The van der Waals surface area contributed by atoms with Crippen molar-refractivity contribution in [3.05, 3.63) is 47.8 Å². The predicted molar refractivity (Wildman–Crippen MR) is 70.2 cm³/mol. The van der Waals surface area contributed by atoms with Crippen molar-refractivity contribution in [3.63, 3.8) is 0 Å². The lowest BCUT2D eigenvalue weighted by atomic mass is 10.2. The normalized spacial score (nSPS) is 10.2. The monoisotopic (exact) mass is 260 g/mol. The SMILES string of the molecule is Cc1ccc(OCCOC(=O)c2cnn(C)c2)cc1. The van der Waals surface area contributed by atoms with Crippen LogP contribution in [0, 0.1) is 6.92 Å². The molecule has 0 radical (unpaired) electrons. The highest BCUT2D eigenvalue weighted by Crippen LogP contribution is 2.11. The maximum atomic E-state index is 11.6. The molecule has 19 heavy (non-hydrogen) atoms. The molecule has 0 aliphatic carbocycles. The Bertz CT molecular complexity index is 546. The lowest BCUT2D eigenvalue weighted by Crippen LogP contribution is -2.12. The Morgan fingerprint density at radius 3 is 2.63 bits per heavy atom. The largest absolute Gasteiger partial charge is 0.490 e. The minimum atomic E-state index is -0.388. The van der Waals surface area contributed by atoms with Crippen molar-refractivity contribution in [3.8, 4) is 5.75 Å². The molecule has 1 aromatic heterocycles. The van der Waals surface area contributed by atoms with Crippen molar-refractivity contribution < 1.29 is 14.3 Å². The Labute approximate surface area is 111 Å². The minimum Gasteiger partial charge on any atom is -0.490 e. The molecular formula is C14H16N2O3. The molecule has 0 aliphatic rings. The zero-order chi connectivity index (χ0) is 13.7. The first-order valence-electron chi connectivity index (χ1n) is 6.00. The van der Waals surface area contributed by atoms with Crippen LogP contribution in [0.3, 0.4) is 0 Å². The number of aromatic nitrogens is 2. The number of benzene rings is 1. The van der Waals surface area contributed by atoms with Gasteiger partial charge in [-0.2, -0.15) is 5.10 Å². The third kappa shape index (κ3) is 3.84. The summed E-state index contributed by atoms with van der Waals surface area (Å²) in [5, 5.41) is 3.91. The molecule has 0 unspecified atom stereocenters. The highest BCUT2D eigenvalue weighted by molar-refractivity contribution is 5.88. The number of nitrogens with zero attached hydrogens (tertiary/aromatic N) is 2. The Morgan fingerprint density at radius 2 is 2.00 bits per heavy atom. The van der Waals surface area contributed by atoms with Gasteiger partial charge in [0.15, 0.2) is 0 Å². The molecule has 0 spiro atoms. The van der Waals surface area contributed by atoms with Crippen LogP contribution < -0.4 is 4.74 Å². The Hall–Kier alpha value is -2.30. The van der Waals surface area contributed by atoms with Crippen molar-refractivity contribution in [2.24, 2.45) is 7.05 Å². The average Bonchev–Trinajstić information content (AvgIpc) is 2.83. The van der Waals surface area contributed by atoms with Crippen LogP contribution in [0.25, 0.3) is 0 Å². The molecule has 0 saturated carbocycles. The molecule has 0 atom stereocenters. The van der Waals surface area contributed by atoms with Crippen LogP contribution >= 0.6 is 0 Å². The molecule has 0 fully saturated rings. The van der Waals surface area contributed by atoms with E-state index in [4.69, 9.17) is 9.47 Å². The fraction of sp³-hybridized carbons (Fsp3) is 0.286. The topological polar surface area (TPSA) is 53.4 Å². The summed E-state index contributed by atoms with van der Waals surface area (Å²) in [7, 11) is 1.75. The number of ether oxygens (including phenoxy) is 2. The van der Waals surface area contributed by atoms with E-state index in [0.29, 0.717) is 12.2 Å². The van der Waals surface area contributed by atoms with Crippen LogP contribution in [0.4, 0.5) is 0 Å². The quantitative estimate of drug-likeness (QED) is 0.609. The fourth-order valence-electron chi connectivity index (χ4n) is 1.54. The summed E-state index contributed by atoms with van der Waals surface area (Å²) in [5.74, 6) is 0.378. The lowest BCUT2D eigenvalue weighted by Gasteiger charge is -2.06. The number of carbonyl (C=O) groups is 1. The molecular weight excluding hydrogens is 244 g/mol. The summed E-state index contributed by atoms with van der Waals surface area (Å²) in [6.07, 6.45) is 3.09. The van der Waals surface area contributed by atoms with E-state index >= 15 is 0 Å². The molecule has 0 bridgehead atoms. The zero-order valence-corrected chi connectivity index (χ0v) is 11.0. The average molecular weight is 260 g/mol. The van der Waals surface area contributed by atoms with Crippen molar-refractivity contribution >= 4 is 5.97 Å². The first-order chi connectivity index (χ1) is 9.15. The second kappa shape index (κ2) is 6.04. The van der Waals surface area contributed by atoms with Gasteiger partial charge in [0.2, 0.25) is 0 Å². The molecule has 2 aromatic rings. The van der Waals surface area contributed by atoms with Crippen molar-refractivity contribution in [1.29, 1.82) is 0 Å². The summed E-state index contributed by atoms with van der Waals surface area (Å²) in [4.78, 5) is 11.6. The molecule has 100 valence electrons. The molecule has 0 N–H and O–H groups in total. The molecule has 5 nitrogen and oxygen atoms in total. The maximum Gasteiger partial charge on any atom is 0.341 e. The third-order valence-electron chi connectivity index (χ3n) is 2.55. The van der Waals surface area contributed by atoms with Gasteiger partial charge in [0, 0.05) is 13.2 Å². The molecule has 2 rings (SSSR count). The van der Waals surface area contributed by atoms with Crippen molar-refractivity contribution in [2.75, 3.05) is 13.2 Å².